The number of hydrogen-bond acceptors (Lipinski definition) is 1. The maximum absolute atomic E-state index is 13.1. The summed E-state index contributed by atoms with van der Waals surface area (Å²) in [6, 6.07) is 6.86. The fourth-order valence-electron chi connectivity index (χ4n) is 2.67. The first-order valence-corrected chi connectivity index (χ1v) is 7.12. The van der Waals surface area contributed by atoms with Gasteiger partial charge in [0.25, 0.3) is 0 Å². The number of rotatable bonds is 2. The van der Waals surface area contributed by atoms with Crippen molar-refractivity contribution < 1.29 is 4.39 Å². The average molecular weight is 262 g/mol. The Kier molecular flexibility index (Phi) is 3.67. The van der Waals surface area contributed by atoms with E-state index in [0.29, 0.717) is 0 Å². The van der Waals surface area contributed by atoms with Crippen LogP contribution in [0.4, 0.5) is 4.39 Å². The highest BCUT2D eigenvalue weighted by molar-refractivity contribution is 8.06. The van der Waals surface area contributed by atoms with Crippen molar-refractivity contribution in [3.05, 3.63) is 51.5 Å². The maximum Gasteiger partial charge on any atom is 0.123 e. The van der Waals surface area contributed by atoms with Crippen LogP contribution >= 0.6 is 11.8 Å². The molecule has 0 spiro atoms. The van der Waals surface area contributed by atoms with Crippen molar-refractivity contribution in [2.24, 2.45) is 5.41 Å². The van der Waals surface area contributed by atoms with Crippen LogP contribution in [0.2, 0.25) is 0 Å². The Balaban J connectivity index is 2.53. The van der Waals surface area contributed by atoms with Crippen LogP contribution < -0.4 is 0 Å². The van der Waals surface area contributed by atoms with Crippen molar-refractivity contribution in [2.75, 3.05) is 0 Å². The molecular weight excluding hydrogens is 243 g/mol. The van der Waals surface area contributed by atoms with Crippen LogP contribution in [0.25, 0.3) is 5.57 Å². The van der Waals surface area contributed by atoms with Crippen molar-refractivity contribution in [2.45, 2.75) is 34.1 Å². The standard InChI is InChI=1S/C16H19FS/c1-5-16(4)10-11(2)18-12(3)15(16)13-6-8-14(17)9-7-13/h6-10H,5H2,1-4H3. The maximum atomic E-state index is 13.1. The molecule has 0 N–H and O–H groups in total. The van der Waals surface area contributed by atoms with Gasteiger partial charge in [-0.25, -0.2) is 4.39 Å². The SMILES string of the molecule is CCC1(C)C=C(C)SC(C)=C1c1ccc(F)cc1. The number of allylic oxidation sites excluding steroid dienone is 4. The molecule has 18 heavy (non-hydrogen) atoms. The molecule has 0 amide bonds. The third kappa shape index (κ3) is 2.39. The van der Waals surface area contributed by atoms with Crippen LogP contribution in [0, 0.1) is 11.2 Å². The molecule has 0 saturated heterocycles. The van der Waals surface area contributed by atoms with Crippen molar-refractivity contribution in [1.29, 1.82) is 0 Å². The van der Waals surface area contributed by atoms with Gasteiger partial charge in [-0.2, -0.15) is 0 Å². The lowest BCUT2D eigenvalue weighted by Crippen LogP contribution is -2.18. The molecule has 0 aliphatic carbocycles. The average Bonchev–Trinajstić information content (AvgIpc) is 2.30. The second-order valence-corrected chi connectivity index (χ2v) is 6.53. The Labute approximate surface area is 113 Å². The Morgan fingerprint density at radius 1 is 1.17 bits per heavy atom. The predicted molar refractivity (Wildman–Crippen MR) is 78.7 cm³/mol. The van der Waals surface area contributed by atoms with E-state index in [1.54, 1.807) is 12.1 Å². The van der Waals surface area contributed by atoms with Crippen molar-refractivity contribution in [1.82, 2.24) is 0 Å². The van der Waals surface area contributed by atoms with E-state index in [0.717, 1.165) is 12.0 Å². The van der Waals surface area contributed by atoms with Gasteiger partial charge in [0.05, 0.1) is 0 Å². The van der Waals surface area contributed by atoms with Gasteiger partial charge in [0.1, 0.15) is 5.82 Å². The second-order valence-electron chi connectivity index (χ2n) is 5.07. The van der Waals surface area contributed by atoms with Crippen LogP contribution in [0.3, 0.4) is 0 Å². The molecule has 1 heterocycles. The lowest BCUT2D eigenvalue weighted by molar-refractivity contribution is 0.546. The number of halogens is 1. The zero-order valence-electron chi connectivity index (χ0n) is 11.4. The van der Waals surface area contributed by atoms with Gasteiger partial charge in [-0.15, -0.1) is 0 Å². The Hall–Kier alpha value is -1.02. The predicted octanol–water partition coefficient (Wildman–Crippen LogP) is 5.62. The molecule has 2 rings (SSSR count). The van der Waals surface area contributed by atoms with E-state index < -0.39 is 0 Å². The molecule has 0 bridgehead atoms. The Bertz CT molecular complexity index is 510. The fourth-order valence-corrected chi connectivity index (χ4v) is 3.93. The smallest absolute Gasteiger partial charge is 0.123 e. The first kappa shape index (κ1) is 13.4. The second kappa shape index (κ2) is 4.93. The minimum Gasteiger partial charge on any atom is -0.207 e. The van der Waals surface area contributed by atoms with Crippen molar-refractivity contribution >= 4 is 17.3 Å². The van der Waals surface area contributed by atoms with Crippen LogP contribution in [0.1, 0.15) is 39.7 Å². The summed E-state index contributed by atoms with van der Waals surface area (Å²) >= 11 is 1.81. The summed E-state index contributed by atoms with van der Waals surface area (Å²) in [5, 5.41) is 0. The molecular formula is C16H19FS. The van der Waals surface area contributed by atoms with Crippen LogP contribution in [0.15, 0.2) is 40.2 Å². The highest BCUT2D eigenvalue weighted by atomic mass is 32.2. The zero-order chi connectivity index (χ0) is 13.3. The lowest BCUT2D eigenvalue weighted by atomic mass is 9.75. The van der Waals surface area contributed by atoms with E-state index in [9.17, 15) is 4.39 Å². The van der Waals surface area contributed by atoms with Crippen molar-refractivity contribution in [3.63, 3.8) is 0 Å². The molecule has 1 aliphatic rings. The summed E-state index contributed by atoms with van der Waals surface area (Å²) in [6.45, 7) is 8.78. The summed E-state index contributed by atoms with van der Waals surface area (Å²) in [6.07, 6.45) is 3.39. The van der Waals surface area contributed by atoms with Crippen LogP contribution in [-0.4, -0.2) is 0 Å². The van der Waals surface area contributed by atoms with Gasteiger partial charge in [-0.1, -0.05) is 43.8 Å². The van der Waals surface area contributed by atoms with Gasteiger partial charge in [0.15, 0.2) is 0 Å². The van der Waals surface area contributed by atoms with E-state index in [2.05, 4.69) is 33.8 Å². The van der Waals surface area contributed by atoms with Crippen molar-refractivity contribution in [3.8, 4) is 0 Å². The summed E-state index contributed by atoms with van der Waals surface area (Å²) in [5.41, 5.74) is 2.52. The summed E-state index contributed by atoms with van der Waals surface area (Å²) < 4.78 is 13.1. The summed E-state index contributed by atoms with van der Waals surface area (Å²) in [7, 11) is 0. The van der Waals surface area contributed by atoms with Crippen LogP contribution in [0.5, 0.6) is 0 Å². The monoisotopic (exact) mass is 262 g/mol. The molecule has 1 aromatic rings. The van der Waals surface area contributed by atoms with Gasteiger partial charge in [0.2, 0.25) is 0 Å². The number of thioether (sulfide) groups is 1. The normalized spacial score (nSPS) is 24.2. The first-order valence-electron chi connectivity index (χ1n) is 6.31. The van der Waals surface area contributed by atoms with Gasteiger partial charge in [-0.05, 0) is 53.3 Å². The molecule has 96 valence electrons. The zero-order valence-corrected chi connectivity index (χ0v) is 12.2. The van der Waals surface area contributed by atoms with Gasteiger partial charge < -0.3 is 0 Å². The quantitative estimate of drug-likeness (QED) is 0.666. The minimum absolute atomic E-state index is 0.0528. The molecule has 0 nitrogen and oxygen atoms in total. The number of hydrogen-bond donors (Lipinski definition) is 0. The Morgan fingerprint density at radius 2 is 1.78 bits per heavy atom. The minimum atomic E-state index is -0.176. The number of benzene rings is 1. The highest BCUT2D eigenvalue weighted by Crippen LogP contribution is 2.50. The Morgan fingerprint density at radius 3 is 2.33 bits per heavy atom. The third-order valence-corrected chi connectivity index (χ3v) is 4.58. The molecule has 1 unspecified atom stereocenters. The first-order chi connectivity index (χ1) is 8.46. The molecule has 0 fully saturated rings. The molecule has 1 aromatic carbocycles. The molecule has 2 heteroatoms. The molecule has 0 aromatic heterocycles. The van der Waals surface area contributed by atoms with Gasteiger partial charge >= 0.3 is 0 Å². The summed E-state index contributed by atoms with van der Waals surface area (Å²) in [4.78, 5) is 2.67. The lowest BCUT2D eigenvalue weighted by Gasteiger charge is -2.34. The fraction of sp³-hybridized carbons (Fsp3) is 0.375. The van der Waals surface area contributed by atoms with E-state index >= 15 is 0 Å². The third-order valence-electron chi connectivity index (χ3n) is 3.63. The molecule has 1 atom stereocenters. The van der Waals surface area contributed by atoms with E-state index in [4.69, 9.17) is 0 Å². The van der Waals surface area contributed by atoms with Gasteiger partial charge in [0, 0.05) is 5.41 Å². The summed E-state index contributed by atoms with van der Waals surface area (Å²) in [5.74, 6) is -0.176. The largest absolute Gasteiger partial charge is 0.207 e. The van der Waals surface area contributed by atoms with Crippen LogP contribution in [-0.2, 0) is 0 Å². The molecule has 0 radical (unpaired) electrons. The highest BCUT2D eigenvalue weighted by Gasteiger charge is 2.31. The molecule has 0 saturated carbocycles. The van der Waals surface area contributed by atoms with Gasteiger partial charge in [-0.3, -0.25) is 0 Å². The van der Waals surface area contributed by atoms with E-state index in [-0.39, 0.29) is 11.2 Å². The van der Waals surface area contributed by atoms with E-state index in [1.165, 1.54) is 15.4 Å². The topological polar surface area (TPSA) is 0 Å². The van der Waals surface area contributed by atoms with E-state index in [1.807, 2.05) is 23.9 Å². The molecule has 1 aliphatic heterocycles.